The number of para-hydroxylation sites is 1. The van der Waals surface area contributed by atoms with Crippen LogP contribution in [0.15, 0.2) is 71.3 Å². The van der Waals surface area contributed by atoms with E-state index in [1.165, 1.54) is 0 Å². The first-order chi connectivity index (χ1) is 14.4. The normalized spacial score (nSPS) is 12.0. The van der Waals surface area contributed by atoms with Crippen molar-refractivity contribution in [2.45, 2.75) is 26.9 Å². The van der Waals surface area contributed by atoms with Gasteiger partial charge in [0.1, 0.15) is 5.69 Å². The smallest absolute Gasteiger partial charge is 0.339 e. The van der Waals surface area contributed by atoms with Gasteiger partial charge >= 0.3 is 5.97 Å². The van der Waals surface area contributed by atoms with Crippen molar-refractivity contribution in [1.82, 2.24) is 4.98 Å². The van der Waals surface area contributed by atoms with Crippen LogP contribution in [0.1, 0.15) is 38.8 Å². The summed E-state index contributed by atoms with van der Waals surface area (Å²) in [7, 11) is 0. The van der Waals surface area contributed by atoms with Gasteiger partial charge < -0.3 is 9.15 Å². The predicted octanol–water partition coefficient (Wildman–Crippen LogP) is 5.54. The van der Waals surface area contributed by atoms with Gasteiger partial charge in [0.15, 0.2) is 11.9 Å². The summed E-state index contributed by atoms with van der Waals surface area (Å²) in [5.41, 5.74) is 4.15. The number of esters is 1. The van der Waals surface area contributed by atoms with Crippen LogP contribution in [0, 0.1) is 13.8 Å². The SMILES string of the molecule is Cc1ccc(C(=O)[C@@H](C)OC(=O)c2cc(-c3ccco3)nc3ccccc23)cc1C. The second-order valence-electron chi connectivity index (χ2n) is 7.26. The molecular weight excluding hydrogens is 378 g/mol. The van der Waals surface area contributed by atoms with Gasteiger partial charge in [0, 0.05) is 10.9 Å². The van der Waals surface area contributed by atoms with Crippen LogP contribution in [0.25, 0.3) is 22.4 Å². The molecule has 150 valence electrons. The molecule has 0 N–H and O–H groups in total. The van der Waals surface area contributed by atoms with Crippen LogP contribution in [0.3, 0.4) is 0 Å². The first kappa shape index (κ1) is 19.6. The predicted molar refractivity (Wildman–Crippen MR) is 115 cm³/mol. The summed E-state index contributed by atoms with van der Waals surface area (Å²) >= 11 is 0. The number of ether oxygens (including phenoxy) is 1. The molecule has 2 aromatic carbocycles. The molecule has 0 amide bonds. The number of benzene rings is 2. The van der Waals surface area contributed by atoms with Crippen LogP contribution in [-0.2, 0) is 4.74 Å². The molecule has 4 aromatic rings. The fraction of sp³-hybridized carbons (Fsp3) is 0.160. The number of hydrogen-bond donors (Lipinski definition) is 0. The molecule has 2 heterocycles. The van der Waals surface area contributed by atoms with Crippen molar-refractivity contribution in [3.63, 3.8) is 0 Å². The number of Topliss-reactive ketones (excluding diaryl/α,β-unsaturated/α-hetero) is 1. The molecule has 30 heavy (non-hydrogen) atoms. The Bertz CT molecular complexity index is 1240. The maximum atomic E-state index is 13.0. The Morgan fingerprint density at radius 1 is 0.967 bits per heavy atom. The number of nitrogens with zero attached hydrogens (tertiary/aromatic N) is 1. The van der Waals surface area contributed by atoms with Crippen molar-refractivity contribution in [3.8, 4) is 11.5 Å². The number of aromatic nitrogens is 1. The molecule has 5 heteroatoms. The van der Waals surface area contributed by atoms with E-state index in [2.05, 4.69) is 4.98 Å². The van der Waals surface area contributed by atoms with Gasteiger partial charge in [-0.15, -0.1) is 0 Å². The lowest BCUT2D eigenvalue weighted by Crippen LogP contribution is -2.24. The third-order valence-corrected chi connectivity index (χ3v) is 5.15. The zero-order valence-electron chi connectivity index (χ0n) is 17.0. The van der Waals surface area contributed by atoms with Crippen molar-refractivity contribution in [2.75, 3.05) is 0 Å². The monoisotopic (exact) mass is 399 g/mol. The molecular formula is C25H21NO4. The number of rotatable bonds is 5. The first-order valence-corrected chi connectivity index (χ1v) is 9.70. The summed E-state index contributed by atoms with van der Waals surface area (Å²) < 4.78 is 11.0. The number of carbonyl (C=O) groups excluding carboxylic acids is 2. The summed E-state index contributed by atoms with van der Waals surface area (Å²) in [5.74, 6) is -0.267. The van der Waals surface area contributed by atoms with Crippen LogP contribution in [0.2, 0.25) is 0 Å². The molecule has 0 bridgehead atoms. The van der Waals surface area contributed by atoms with E-state index in [0.717, 1.165) is 11.1 Å². The first-order valence-electron chi connectivity index (χ1n) is 9.70. The van der Waals surface area contributed by atoms with Crippen LogP contribution < -0.4 is 0 Å². The Morgan fingerprint density at radius 3 is 2.50 bits per heavy atom. The van der Waals surface area contributed by atoms with Gasteiger partial charge in [0.2, 0.25) is 5.78 Å². The number of furan rings is 1. The van der Waals surface area contributed by atoms with Gasteiger partial charge in [-0.05, 0) is 62.2 Å². The molecule has 0 aliphatic carbocycles. The maximum absolute atomic E-state index is 13.0. The van der Waals surface area contributed by atoms with Crippen molar-refractivity contribution < 1.29 is 18.7 Å². The number of fused-ring (bicyclic) bond motifs is 1. The minimum absolute atomic E-state index is 0.240. The average Bonchev–Trinajstić information content (AvgIpc) is 3.29. The standard InChI is InChI=1S/C25H21NO4/c1-15-10-11-18(13-16(15)2)24(27)17(3)30-25(28)20-14-22(23-9-6-12-29-23)26-21-8-5-4-7-19(20)21/h4-14,17H,1-3H3/t17-/m1/s1. The molecule has 2 aromatic heterocycles. The second-order valence-corrected chi connectivity index (χ2v) is 7.26. The fourth-order valence-electron chi connectivity index (χ4n) is 3.30. The average molecular weight is 399 g/mol. The topological polar surface area (TPSA) is 69.4 Å². The number of pyridine rings is 1. The van der Waals surface area contributed by atoms with E-state index >= 15 is 0 Å². The highest BCUT2D eigenvalue weighted by atomic mass is 16.5. The Kier molecular flexibility index (Phi) is 5.19. The minimum Gasteiger partial charge on any atom is -0.463 e. The lowest BCUT2D eigenvalue weighted by molar-refractivity contribution is 0.0320. The van der Waals surface area contributed by atoms with Gasteiger partial charge in [0.05, 0.1) is 17.3 Å². The summed E-state index contributed by atoms with van der Waals surface area (Å²) in [5, 5.41) is 0.656. The van der Waals surface area contributed by atoms with E-state index in [4.69, 9.17) is 9.15 Å². The van der Waals surface area contributed by atoms with Crippen LogP contribution in [-0.4, -0.2) is 22.8 Å². The lowest BCUT2D eigenvalue weighted by atomic mass is 10.0. The van der Waals surface area contributed by atoms with Gasteiger partial charge in [-0.25, -0.2) is 9.78 Å². The Labute approximate surface area is 174 Å². The van der Waals surface area contributed by atoms with Crippen LogP contribution >= 0.6 is 0 Å². The number of aryl methyl sites for hydroxylation is 2. The van der Waals surface area contributed by atoms with E-state index in [1.807, 2.05) is 44.2 Å². The Morgan fingerprint density at radius 2 is 1.77 bits per heavy atom. The van der Waals surface area contributed by atoms with E-state index < -0.39 is 12.1 Å². The Balaban J connectivity index is 1.65. The van der Waals surface area contributed by atoms with E-state index in [9.17, 15) is 9.59 Å². The highest BCUT2D eigenvalue weighted by Gasteiger charge is 2.23. The third kappa shape index (κ3) is 3.74. The zero-order chi connectivity index (χ0) is 21.3. The second kappa shape index (κ2) is 7.95. The number of ketones is 1. The summed E-state index contributed by atoms with van der Waals surface area (Å²) in [6.45, 7) is 5.52. The molecule has 0 radical (unpaired) electrons. The highest BCUT2D eigenvalue weighted by molar-refractivity contribution is 6.06. The molecule has 0 aliphatic heterocycles. The summed E-state index contributed by atoms with van der Waals surface area (Å²) in [6, 6.07) is 17.9. The van der Waals surface area contributed by atoms with Crippen molar-refractivity contribution in [3.05, 3.63) is 89.2 Å². The van der Waals surface area contributed by atoms with Gasteiger partial charge in [-0.2, -0.15) is 0 Å². The molecule has 4 rings (SSSR count). The van der Waals surface area contributed by atoms with E-state index in [1.54, 1.807) is 43.5 Å². The van der Waals surface area contributed by atoms with Gasteiger partial charge in [-0.1, -0.05) is 30.3 Å². The van der Waals surface area contributed by atoms with Crippen molar-refractivity contribution in [1.29, 1.82) is 0 Å². The molecule has 0 saturated heterocycles. The van der Waals surface area contributed by atoms with Crippen LogP contribution in [0.4, 0.5) is 0 Å². The van der Waals surface area contributed by atoms with Gasteiger partial charge in [-0.3, -0.25) is 4.79 Å². The molecule has 1 atom stereocenters. The van der Waals surface area contributed by atoms with Crippen molar-refractivity contribution in [2.24, 2.45) is 0 Å². The third-order valence-electron chi connectivity index (χ3n) is 5.15. The molecule has 0 saturated carbocycles. The molecule has 0 aliphatic rings. The number of hydrogen-bond acceptors (Lipinski definition) is 5. The minimum atomic E-state index is -0.918. The molecule has 0 spiro atoms. The lowest BCUT2D eigenvalue weighted by Gasteiger charge is -2.14. The van der Waals surface area contributed by atoms with Crippen molar-refractivity contribution >= 4 is 22.7 Å². The Hall–Kier alpha value is -3.73. The van der Waals surface area contributed by atoms with Crippen LogP contribution in [0.5, 0.6) is 0 Å². The van der Waals surface area contributed by atoms with E-state index in [-0.39, 0.29) is 5.78 Å². The zero-order valence-corrected chi connectivity index (χ0v) is 17.0. The highest BCUT2D eigenvalue weighted by Crippen LogP contribution is 2.26. The molecule has 0 fully saturated rings. The largest absolute Gasteiger partial charge is 0.463 e. The fourth-order valence-corrected chi connectivity index (χ4v) is 3.30. The molecule has 0 unspecified atom stereocenters. The summed E-state index contributed by atoms with van der Waals surface area (Å²) in [4.78, 5) is 30.4. The quantitative estimate of drug-likeness (QED) is 0.325. The van der Waals surface area contributed by atoms with E-state index in [0.29, 0.717) is 33.5 Å². The summed E-state index contributed by atoms with van der Waals surface area (Å²) in [6.07, 6.45) is 0.632. The van der Waals surface area contributed by atoms with Gasteiger partial charge in [0.25, 0.3) is 0 Å². The number of carbonyl (C=O) groups is 2. The molecule has 5 nitrogen and oxygen atoms in total. The maximum Gasteiger partial charge on any atom is 0.339 e.